The van der Waals surface area contributed by atoms with Crippen LogP contribution in [0.2, 0.25) is 49.4 Å². The van der Waals surface area contributed by atoms with Crippen LogP contribution < -0.4 is 0 Å². The molecule has 0 aromatic rings. The summed E-state index contributed by atoms with van der Waals surface area (Å²) in [6, 6.07) is 5.78. The minimum Gasteiger partial charge on any atom is -0.300 e. The summed E-state index contributed by atoms with van der Waals surface area (Å²) >= 11 is 0. The van der Waals surface area contributed by atoms with Crippen molar-refractivity contribution in [1.82, 2.24) is 0 Å². The Labute approximate surface area is 102 Å². The molecule has 2 aliphatic rings. The van der Waals surface area contributed by atoms with Crippen molar-refractivity contribution in [3.05, 3.63) is 0 Å². The largest absolute Gasteiger partial charge is 0.300 e. The molecule has 0 bridgehead atoms. The molecule has 0 saturated carbocycles. The molecule has 1 nitrogen and oxygen atoms in total. The molecule has 92 valence electrons. The van der Waals surface area contributed by atoms with Crippen LogP contribution in [0.5, 0.6) is 0 Å². The summed E-state index contributed by atoms with van der Waals surface area (Å²) in [5, 5.41) is 0. The fraction of sp³-hybridized carbons (Fsp3) is 0.923. The first kappa shape index (κ1) is 12.6. The third kappa shape index (κ3) is 2.67. The van der Waals surface area contributed by atoms with Crippen molar-refractivity contribution in [3.8, 4) is 0 Å². The lowest BCUT2D eigenvalue weighted by atomic mass is 10.2. The van der Waals surface area contributed by atoms with Gasteiger partial charge in [-0.25, -0.2) is 0 Å². The van der Waals surface area contributed by atoms with Gasteiger partial charge in [0.1, 0.15) is 5.78 Å². The fourth-order valence-corrected chi connectivity index (χ4v) is 11.3. The molecular formula is C13H26OSi2. The van der Waals surface area contributed by atoms with E-state index >= 15 is 0 Å². The second kappa shape index (κ2) is 4.41. The molecule has 0 radical (unpaired) electrons. The Balaban J connectivity index is 1.92. The Hall–Kier alpha value is 0.104. The fourth-order valence-electron chi connectivity index (χ4n) is 3.66. The molecule has 0 amide bonds. The summed E-state index contributed by atoms with van der Waals surface area (Å²) in [7, 11) is -1.83. The van der Waals surface area contributed by atoms with E-state index in [1.807, 2.05) is 0 Å². The number of hydrogen-bond donors (Lipinski definition) is 0. The van der Waals surface area contributed by atoms with Gasteiger partial charge in [-0.15, -0.1) is 0 Å². The average molecular weight is 255 g/mol. The van der Waals surface area contributed by atoms with Crippen molar-refractivity contribution in [1.29, 1.82) is 0 Å². The van der Waals surface area contributed by atoms with Gasteiger partial charge in [0.05, 0.1) is 8.07 Å². The molecule has 0 aromatic heterocycles. The van der Waals surface area contributed by atoms with Crippen LogP contribution in [-0.4, -0.2) is 21.9 Å². The van der Waals surface area contributed by atoms with Crippen molar-refractivity contribution < 1.29 is 4.79 Å². The van der Waals surface area contributed by atoms with Crippen LogP contribution in [0.1, 0.15) is 25.7 Å². The van der Waals surface area contributed by atoms with Gasteiger partial charge in [0.25, 0.3) is 0 Å². The smallest absolute Gasteiger partial charge is 0.132 e. The predicted molar refractivity (Wildman–Crippen MR) is 75.6 cm³/mol. The zero-order valence-corrected chi connectivity index (χ0v) is 13.1. The molecular weight excluding hydrogens is 228 g/mol. The van der Waals surface area contributed by atoms with Crippen LogP contribution in [0.15, 0.2) is 0 Å². The van der Waals surface area contributed by atoms with E-state index in [0.29, 0.717) is 5.78 Å². The van der Waals surface area contributed by atoms with E-state index in [9.17, 15) is 4.79 Å². The van der Waals surface area contributed by atoms with Gasteiger partial charge in [-0.3, -0.25) is 4.79 Å². The third-order valence-corrected chi connectivity index (χ3v) is 13.5. The van der Waals surface area contributed by atoms with Crippen molar-refractivity contribution in [2.24, 2.45) is 0 Å². The number of carbonyl (C=O) groups excluding carboxylic acids is 1. The Morgan fingerprint density at radius 2 is 1.50 bits per heavy atom. The molecule has 0 atom stereocenters. The number of Topliss-reactive ketones (excluding diaryl/α,β-unsaturated/α-hetero) is 1. The highest BCUT2D eigenvalue weighted by atomic mass is 28.3. The molecule has 16 heavy (non-hydrogen) atoms. The third-order valence-electron chi connectivity index (χ3n) is 5.14. The van der Waals surface area contributed by atoms with Gasteiger partial charge in [-0.05, 0) is 5.54 Å². The van der Waals surface area contributed by atoms with Crippen molar-refractivity contribution in [2.75, 3.05) is 0 Å². The minimum absolute atomic E-state index is 0.547. The Morgan fingerprint density at radius 1 is 1.00 bits per heavy atom. The van der Waals surface area contributed by atoms with Crippen LogP contribution in [0.3, 0.4) is 0 Å². The maximum Gasteiger partial charge on any atom is 0.132 e. The Bertz CT molecular complexity index is 260. The van der Waals surface area contributed by atoms with E-state index < -0.39 is 16.1 Å². The highest BCUT2D eigenvalue weighted by Gasteiger charge is 2.42. The van der Waals surface area contributed by atoms with Gasteiger partial charge in [-0.1, -0.05) is 56.7 Å². The maximum atomic E-state index is 11.3. The normalized spacial score (nSPS) is 27.3. The van der Waals surface area contributed by atoms with Gasteiger partial charge in [0.2, 0.25) is 0 Å². The van der Waals surface area contributed by atoms with Gasteiger partial charge in [0, 0.05) is 20.9 Å². The first-order valence-corrected chi connectivity index (χ1v) is 13.3. The predicted octanol–water partition coefficient (Wildman–Crippen LogP) is 4.30. The lowest BCUT2D eigenvalue weighted by Crippen LogP contribution is -2.44. The molecule has 2 aliphatic heterocycles. The molecule has 2 saturated heterocycles. The summed E-state index contributed by atoms with van der Waals surface area (Å²) in [5.74, 6) is 0.547. The molecule has 2 heterocycles. The number of carbonyl (C=O) groups is 1. The van der Waals surface area contributed by atoms with E-state index in [4.69, 9.17) is 0 Å². The van der Waals surface area contributed by atoms with E-state index in [2.05, 4.69) is 19.6 Å². The number of rotatable bonds is 1. The molecule has 0 N–H and O–H groups in total. The topological polar surface area (TPSA) is 17.1 Å². The highest BCUT2D eigenvalue weighted by molar-refractivity contribution is 6.82. The zero-order valence-electron chi connectivity index (χ0n) is 11.1. The highest BCUT2D eigenvalue weighted by Crippen LogP contribution is 2.46. The van der Waals surface area contributed by atoms with Gasteiger partial charge in [-0.2, -0.15) is 0 Å². The second-order valence-corrected chi connectivity index (χ2v) is 17.7. The van der Waals surface area contributed by atoms with Gasteiger partial charge in [0.15, 0.2) is 0 Å². The van der Waals surface area contributed by atoms with Crippen molar-refractivity contribution in [3.63, 3.8) is 0 Å². The Morgan fingerprint density at radius 3 is 1.94 bits per heavy atom. The molecule has 1 spiro atoms. The molecule has 3 heteroatoms. The minimum atomic E-state index is -0.931. The monoisotopic (exact) mass is 254 g/mol. The molecule has 0 aliphatic carbocycles. The first-order valence-electron chi connectivity index (χ1n) is 6.93. The van der Waals surface area contributed by atoms with E-state index in [0.717, 1.165) is 18.4 Å². The van der Waals surface area contributed by atoms with E-state index in [-0.39, 0.29) is 0 Å². The lowest BCUT2D eigenvalue weighted by Gasteiger charge is -2.44. The first-order chi connectivity index (χ1) is 7.41. The van der Waals surface area contributed by atoms with Crippen molar-refractivity contribution in [2.45, 2.75) is 75.0 Å². The lowest BCUT2D eigenvalue weighted by molar-refractivity contribution is -0.118. The van der Waals surface area contributed by atoms with Gasteiger partial charge >= 0.3 is 0 Å². The zero-order chi connectivity index (χ0) is 11.8. The number of hydrogen-bond acceptors (Lipinski definition) is 1. The molecule has 0 aromatic carbocycles. The molecule has 2 fully saturated rings. The summed E-state index contributed by atoms with van der Waals surface area (Å²) in [5.41, 5.74) is 1.07. The molecule has 0 unspecified atom stereocenters. The Kier molecular flexibility index (Phi) is 3.46. The summed E-state index contributed by atoms with van der Waals surface area (Å²) < 4.78 is 0. The van der Waals surface area contributed by atoms with Crippen molar-refractivity contribution >= 4 is 21.9 Å². The quantitative estimate of drug-likeness (QED) is 0.638. The van der Waals surface area contributed by atoms with Crippen LogP contribution in [0, 0.1) is 0 Å². The summed E-state index contributed by atoms with van der Waals surface area (Å²) in [4.78, 5) is 11.3. The van der Waals surface area contributed by atoms with E-state index in [1.54, 1.807) is 12.1 Å². The standard InChI is InChI=1S/C13H26OSi2/c1-15(2,3)13-6-10-16(11-7-13)8-4-12(14)5-9-16/h13H,4-11H2,1-3H3. The second-order valence-electron chi connectivity index (χ2n) is 7.18. The maximum absolute atomic E-state index is 11.3. The van der Waals surface area contributed by atoms with Crippen LogP contribution in [0.25, 0.3) is 0 Å². The van der Waals surface area contributed by atoms with Crippen LogP contribution in [0.4, 0.5) is 0 Å². The summed E-state index contributed by atoms with van der Waals surface area (Å²) in [6.45, 7) is 7.59. The van der Waals surface area contributed by atoms with E-state index in [1.165, 1.54) is 24.9 Å². The SMILES string of the molecule is C[Si](C)(C)C1CC[Si]2(CCC(=O)CC2)CC1. The van der Waals surface area contributed by atoms with Gasteiger partial charge < -0.3 is 0 Å². The van der Waals surface area contributed by atoms with Crippen LogP contribution in [-0.2, 0) is 4.79 Å². The van der Waals surface area contributed by atoms with Crippen LogP contribution >= 0.6 is 0 Å². The average Bonchev–Trinajstić information content (AvgIpc) is 2.22. The molecule has 2 rings (SSSR count). The number of ketones is 1. The summed E-state index contributed by atoms with van der Waals surface area (Å²) in [6.07, 6.45) is 4.89.